The number of hydrogen-bond acceptors (Lipinski definition) is 3. The van der Waals surface area contributed by atoms with Crippen molar-refractivity contribution in [3.8, 4) is 12.5 Å². The molecule has 2 N–H and O–H groups in total. The van der Waals surface area contributed by atoms with E-state index in [2.05, 4.69) is 11.3 Å². The van der Waals surface area contributed by atoms with Gasteiger partial charge < -0.3 is 5.11 Å². The molecule has 0 aliphatic heterocycles. The van der Waals surface area contributed by atoms with Crippen LogP contribution in [0.4, 0.5) is 0 Å². The molecule has 0 bridgehead atoms. The van der Waals surface area contributed by atoms with Crippen molar-refractivity contribution in [1.29, 1.82) is 0 Å². The summed E-state index contributed by atoms with van der Waals surface area (Å²) in [5, 5.41) is 14.1. The van der Waals surface area contributed by atoms with Crippen LogP contribution in [0, 0.1) is 12.5 Å². The average molecular weight is 90.1 g/mol. The Labute approximate surface area is 36.1 Å². The standard InChI is InChI=1S/C2H2O2.CH4O/c1-2-4-3;1-2/h1,3H;2H,1H3. The maximum absolute atomic E-state index is 7.14. The van der Waals surface area contributed by atoms with E-state index in [0.717, 1.165) is 7.11 Å². The zero-order chi connectivity index (χ0) is 5.41. The molecular formula is C3H6O3. The molecule has 0 amide bonds. The fourth-order valence-electron chi connectivity index (χ4n) is 0. The normalized spacial score (nSPS) is 3.67. The van der Waals surface area contributed by atoms with Crippen LogP contribution in [0.15, 0.2) is 0 Å². The van der Waals surface area contributed by atoms with Gasteiger partial charge in [-0.25, -0.2) is 0 Å². The molecule has 0 atom stereocenters. The van der Waals surface area contributed by atoms with E-state index in [1.54, 1.807) is 0 Å². The molecule has 0 aromatic heterocycles. The van der Waals surface area contributed by atoms with E-state index >= 15 is 0 Å². The summed E-state index contributed by atoms with van der Waals surface area (Å²) in [5.74, 6) is 0. The highest BCUT2D eigenvalue weighted by Crippen LogP contribution is 1.39. The number of aliphatic hydroxyl groups excluding tert-OH is 1. The van der Waals surface area contributed by atoms with Crippen molar-refractivity contribution < 1.29 is 15.3 Å². The average Bonchev–Trinajstić information content (AvgIpc) is 1.72. The Morgan fingerprint density at radius 2 is 1.83 bits per heavy atom. The van der Waals surface area contributed by atoms with Crippen LogP contribution in [-0.2, 0) is 4.89 Å². The van der Waals surface area contributed by atoms with Crippen LogP contribution >= 0.6 is 0 Å². The van der Waals surface area contributed by atoms with Crippen molar-refractivity contribution >= 4 is 0 Å². The summed E-state index contributed by atoms with van der Waals surface area (Å²) in [6.45, 7) is 0. The minimum absolute atomic E-state index is 1.00. The molecule has 0 heterocycles. The first-order chi connectivity index (χ1) is 2.91. The summed E-state index contributed by atoms with van der Waals surface area (Å²) in [5.41, 5.74) is 0. The van der Waals surface area contributed by atoms with E-state index in [1.807, 2.05) is 0 Å². The molecule has 0 aromatic rings. The third-order valence-corrected chi connectivity index (χ3v) is 0.0527. The number of rotatable bonds is 0. The Kier molecular flexibility index (Phi) is 42.1. The first-order valence-electron chi connectivity index (χ1n) is 1.12. The van der Waals surface area contributed by atoms with Gasteiger partial charge in [0.05, 0.1) is 0 Å². The molecule has 0 aromatic carbocycles. The summed E-state index contributed by atoms with van der Waals surface area (Å²) in [7, 11) is 1.00. The van der Waals surface area contributed by atoms with Gasteiger partial charge in [0, 0.05) is 7.11 Å². The lowest BCUT2D eigenvalue weighted by atomic mass is 11.3. The minimum atomic E-state index is 1.00. The van der Waals surface area contributed by atoms with Crippen LogP contribution in [0.3, 0.4) is 0 Å². The molecule has 0 saturated carbocycles. The van der Waals surface area contributed by atoms with Crippen molar-refractivity contribution in [1.82, 2.24) is 0 Å². The van der Waals surface area contributed by atoms with Gasteiger partial charge in [-0.3, -0.25) is 4.89 Å². The van der Waals surface area contributed by atoms with Gasteiger partial charge in [-0.15, -0.1) is 0 Å². The van der Waals surface area contributed by atoms with Crippen LogP contribution in [0.1, 0.15) is 0 Å². The van der Waals surface area contributed by atoms with Gasteiger partial charge in [-0.1, -0.05) is 6.42 Å². The Morgan fingerprint density at radius 3 is 1.83 bits per heavy atom. The highest BCUT2D eigenvalue weighted by Gasteiger charge is 1.37. The van der Waals surface area contributed by atoms with Gasteiger partial charge in [-0.2, -0.15) is 5.26 Å². The number of hydrogen-bond donors (Lipinski definition) is 2. The Bertz CT molecular complexity index is 35.8. The maximum Gasteiger partial charge on any atom is 0.153 e. The molecule has 6 heavy (non-hydrogen) atoms. The van der Waals surface area contributed by atoms with Crippen molar-refractivity contribution in [2.24, 2.45) is 0 Å². The van der Waals surface area contributed by atoms with Crippen LogP contribution in [0.2, 0.25) is 0 Å². The maximum atomic E-state index is 7.14. The lowest BCUT2D eigenvalue weighted by molar-refractivity contribution is -0.171. The van der Waals surface area contributed by atoms with E-state index in [0.29, 0.717) is 0 Å². The zero-order valence-electron chi connectivity index (χ0n) is 3.38. The molecule has 0 radical (unpaired) electrons. The Morgan fingerprint density at radius 1 is 1.67 bits per heavy atom. The van der Waals surface area contributed by atoms with Crippen molar-refractivity contribution in [3.63, 3.8) is 0 Å². The summed E-state index contributed by atoms with van der Waals surface area (Å²) in [6.07, 6.45) is 5.79. The predicted molar refractivity (Wildman–Crippen MR) is 20.7 cm³/mol. The molecule has 0 unspecified atom stereocenters. The smallest absolute Gasteiger partial charge is 0.153 e. The quantitative estimate of drug-likeness (QED) is 0.243. The summed E-state index contributed by atoms with van der Waals surface area (Å²) in [4.78, 5) is 3.07. The largest absolute Gasteiger partial charge is 0.400 e. The topological polar surface area (TPSA) is 49.7 Å². The van der Waals surface area contributed by atoms with E-state index in [-0.39, 0.29) is 0 Å². The molecule has 0 aliphatic rings. The number of terminal acetylenes is 1. The highest BCUT2D eigenvalue weighted by atomic mass is 17.1. The molecule has 0 rings (SSSR count). The lowest BCUT2D eigenvalue weighted by Gasteiger charge is -1.62. The van der Waals surface area contributed by atoms with Gasteiger partial charge in [0.2, 0.25) is 0 Å². The van der Waals surface area contributed by atoms with Crippen LogP contribution < -0.4 is 0 Å². The van der Waals surface area contributed by atoms with Crippen LogP contribution in [0.5, 0.6) is 0 Å². The molecule has 0 saturated heterocycles. The second-order valence-corrected chi connectivity index (χ2v) is 0.209. The van der Waals surface area contributed by atoms with Crippen molar-refractivity contribution in [2.45, 2.75) is 0 Å². The second kappa shape index (κ2) is 28.1. The zero-order valence-corrected chi connectivity index (χ0v) is 3.38. The van der Waals surface area contributed by atoms with Crippen LogP contribution in [-0.4, -0.2) is 17.5 Å². The fourth-order valence-corrected chi connectivity index (χ4v) is 0. The monoisotopic (exact) mass is 90.0 g/mol. The van der Waals surface area contributed by atoms with Gasteiger partial charge >= 0.3 is 0 Å². The molecular weight excluding hydrogens is 84.0 g/mol. The Balaban J connectivity index is 0. The summed E-state index contributed by atoms with van der Waals surface area (Å²) < 4.78 is 0. The summed E-state index contributed by atoms with van der Waals surface area (Å²) in [6, 6.07) is 0. The third kappa shape index (κ3) is 217. The van der Waals surface area contributed by atoms with E-state index < -0.39 is 0 Å². The summed E-state index contributed by atoms with van der Waals surface area (Å²) >= 11 is 0. The fraction of sp³-hybridized carbons (Fsp3) is 0.333. The first-order valence-corrected chi connectivity index (χ1v) is 1.12. The SMILES string of the molecule is C#COO.CO. The molecule has 0 spiro atoms. The lowest BCUT2D eigenvalue weighted by Crippen LogP contribution is -1.58. The van der Waals surface area contributed by atoms with Gasteiger partial charge in [0.25, 0.3) is 0 Å². The molecule has 0 aliphatic carbocycles. The van der Waals surface area contributed by atoms with Crippen molar-refractivity contribution in [3.05, 3.63) is 0 Å². The third-order valence-electron chi connectivity index (χ3n) is 0.0527. The van der Waals surface area contributed by atoms with E-state index in [1.165, 1.54) is 6.11 Å². The molecule has 36 valence electrons. The van der Waals surface area contributed by atoms with E-state index in [4.69, 9.17) is 10.4 Å². The molecule has 3 heteroatoms. The van der Waals surface area contributed by atoms with Gasteiger partial charge in [-0.05, 0) is 0 Å². The van der Waals surface area contributed by atoms with Gasteiger partial charge in [0.15, 0.2) is 6.11 Å². The Hall–Kier alpha value is -0.720. The minimum Gasteiger partial charge on any atom is -0.400 e. The van der Waals surface area contributed by atoms with Gasteiger partial charge in [0.1, 0.15) is 0 Å². The first kappa shape index (κ1) is 8.99. The van der Waals surface area contributed by atoms with E-state index in [9.17, 15) is 0 Å². The highest BCUT2D eigenvalue weighted by molar-refractivity contribution is 4.64. The van der Waals surface area contributed by atoms with Crippen molar-refractivity contribution in [2.75, 3.05) is 7.11 Å². The molecule has 3 nitrogen and oxygen atoms in total. The number of aliphatic hydroxyl groups is 1. The van der Waals surface area contributed by atoms with Crippen LogP contribution in [0.25, 0.3) is 0 Å². The predicted octanol–water partition coefficient (Wildman–Crippen LogP) is -0.325. The second-order valence-electron chi connectivity index (χ2n) is 0.209. The molecule has 0 fully saturated rings.